The summed E-state index contributed by atoms with van der Waals surface area (Å²) in [7, 11) is -2.98. The molecule has 0 unspecified atom stereocenters. The van der Waals surface area contributed by atoms with Crippen LogP contribution < -0.4 is 0 Å². The molecule has 0 atom stereocenters. The van der Waals surface area contributed by atoms with Gasteiger partial charge in [0.2, 0.25) is 0 Å². The number of hydrogen-bond acceptors (Lipinski definition) is 5. The second kappa shape index (κ2) is 5.39. The fraction of sp³-hybridized carbons (Fsp3) is 0.600. The Kier molecular flexibility index (Phi) is 3.72. The molecule has 5 nitrogen and oxygen atoms in total. The maximum absolute atomic E-state index is 12.4. The average molecular weight is 305 g/mol. The summed E-state index contributed by atoms with van der Waals surface area (Å²) in [6, 6.07) is 3.99. The Labute approximate surface area is 125 Å². The molecule has 0 aromatic carbocycles. The standard InChI is InChI=1S/C15H19N3O2S/c16-10-14-11-17-6-2-13(14)12-18-7-5-15(3-1-4-15)21(19,20)9-8-18/h2,6,11H,1,3-5,7-9,12H2. The number of rotatable bonds is 2. The van der Waals surface area contributed by atoms with Gasteiger partial charge in [-0.25, -0.2) is 8.42 Å². The molecule has 0 bridgehead atoms. The third-order valence-electron chi connectivity index (χ3n) is 4.91. The Balaban J connectivity index is 1.76. The minimum atomic E-state index is -2.98. The van der Waals surface area contributed by atoms with E-state index < -0.39 is 14.6 Å². The molecule has 3 rings (SSSR count). The molecule has 2 heterocycles. The van der Waals surface area contributed by atoms with Crippen molar-refractivity contribution in [2.45, 2.75) is 37.0 Å². The topological polar surface area (TPSA) is 74.1 Å². The van der Waals surface area contributed by atoms with Crippen LogP contribution in [0.1, 0.15) is 36.8 Å². The molecule has 1 spiro atoms. The highest BCUT2D eigenvalue weighted by molar-refractivity contribution is 7.92. The van der Waals surface area contributed by atoms with Crippen molar-refractivity contribution in [1.29, 1.82) is 5.26 Å². The summed E-state index contributed by atoms with van der Waals surface area (Å²) in [6.07, 6.45) is 6.64. The number of nitrogens with zero attached hydrogens (tertiary/aromatic N) is 3. The second-order valence-corrected chi connectivity index (χ2v) is 8.53. The highest BCUT2D eigenvalue weighted by Gasteiger charge is 2.49. The summed E-state index contributed by atoms with van der Waals surface area (Å²) in [5.74, 6) is 0.236. The summed E-state index contributed by atoms with van der Waals surface area (Å²) in [5.41, 5.74) is 1.50. The zero-order chi connectivity index (χ0) is 14.9. The number of hydrogen-bond donors (Lipinski definition) is 0. The third-order valence-corrected chi connectivity index (χ3v) is 7.56. The van der Waals surface area contributed by atoms with Crippen molar-refractivity contribution in [2.75, 3.05) is 18.8 Å². The van der Waals surface area contributed by atoms with Crippen LogP contribution in [0.3, 0.4) is 0 Å². The molecule has 2 fully saturated rings. The van der Waals surface area contributed by atoms with Gasteiger partial charge in [-0.2, -0.15) is 5.26 Å². The van der Waals surface area contributed by atoms with Gasteiger partial charge in [0.05, 0.1) is 16.1 Å². The molecular weight excluding hydrogens is 286 g/mol. The zero-order valence-corrected chi connectivity index (χ0v) is 12.8. The number of pyridine rings is 1. The first-order chi connectivity index (χ1) is 10.1. The SMILES string of the molecule is N#Cc1cnccc1CN1CCC2(CCC2)S(=O)(=O)CC1. The lowest BCUT2D eigenvalue weighted by atomic mass is 9.81. The minimum Gasteiger partial charge on any atom is -0.298 e. The predicted molar refractivity (Wildman–Crippen MR) is 79.2 cm³/mol. The van der Waals surface area contributed by atoms with E-state index in [4.69, 9.17) is 5.26 Å². The summed E-state index contributed by atoms with van der Waals surface area (Å²) in [4.78, 5) is 6.11. The number of aromatic nitrogens is 1. The molecular formula is C15H19N3O2S. The molecule has 0 N–H and O–H groups in total. The van der Waals surface area contributed by atoms with Crippen LogP contribution in [0, 0.1) is 11.3 Å². The van der Waals surface area contributed by atoms with Crippen molar-refractivity contribution in [1.82, 2.24) is 9.88 Å². The second-order valence-electron chi connectivity index (χ2n) is 6.03. The molecule has 1 aromatic rings. The Morgan fingerprint density at radius 2 is 2.14 bits per heavy atom. The molecule has 1 saturated carbocycles. The summed E-state index contributed by atoms with van der Waals surface area (Å²) in [5, 5.41) is 9.11. The summed E-state index contributed by atoms with van der Waals surface area (Å²) >= 11 is 0. The van der Waals surface area contributed by atoms with Gasteiger partial charge in [0, 0.05) is 32.0 Å². The smallest absolute Gasteiger partial charge is 0.157 e. The number of sulfone groups is 1. The van der Waals surface area contributed by atoms with E-state index in [2.05, 4.69) is 16.0 Å². The molecule has 2 aliphatic rings. The zero-order valence-electron chi connectivity index (χ0n) is 12.0. The van der Waals surface area contributed by atoms with Gasteiger partial charge in [0.25, 0.3) is 0 Å². The lowest BCUT2D eigenvalue weighted by molar-refractivity contribution is 0.243. The number of nitriles is 1. The van der Waals surface area contributed by atoms with Crippen LogP contribution >= 0.6 is 0 Å². The Hall–Kier alpha value is -1.45. The van der Waals surface area contributed by atoms with Crippen LogP contribution in [0.15, 0.2) is 18.5 Å². The average Bonchev–Trinajstić information content (AvgIpc) is 2.56. The van der Waals surface area contributed by atoms with Crippen molar-refractivity contribution < 1.29 is 8.42 Å². The quantitative estimate of drug-likeness (QED) is 0.827. The van der Waals surface area contributed by atoms with Gasteiger partial charge in [0.1, 0.15) is 6.07 Å². The summed E-state index contributed by atoms with van der Waals surface area (Å²) in [6.45, 7) is 1.96. The van der Waals surface area contributed by atoms with Gasteiger partial charge in [-0.15, -0.1) is 0 Å². The van der Waals surface area contributed by atoms with E-state index in [1.807, 2.05) is 6.07 Å². The van der Waals surface area contributed by atoms with Crippen molar-refractivity contribution >= 4 is 9.84 Å². The maximum Gasteiger partial charge on any atom is 0.157 e. The fourth-order valence-corrected chi connectivity index (χ4v) is 5.53. The molecule has 1 saturated heterocycles. The van der Waals surface area contributed by atoms with E-state index in [9.17, 15) is 8.42 Å². The fourth-order valence-electron chi connectivity index (χ4n) is 3.29. The van der Waals surface area contributed by atoms with E-state index in [0.717, 1.165) is 37.8 Å². The maximum atomic E-state index is 12.4. The lowest BCUT2D eigenvalue weighted by Gasteiger charge is -2.40. The third kappa shape index (κ3) is 2.56. The van der Waals surface area contributed by atoms with Crippen molar-refractivity contribution in [3.8, 4) is 6.07 Å². The first-order valence-electron chi connectivity index (χ1n) is 7.34. The van der Waals surface area contributed by atoms with Crippen molar-refractivity contribution in [3.05, 3.63) is 29.6 Å². The van der Waals surface area contributed by atoms with Crippen molar-refractivity contribution in [3.63, 3.8) is 0 Å². The monoisotopic (exact) mass is 305 g/mol. The summed E-state index contributed by atoms with van der Waals surface area (Å²) < 4.78 is 24.4. The van der Waals surface area contributed by atoms with Gasteiger partial charge < -0.3 is 0 Å². The first-order valence-corrected chi connectivity index (χ1v) is 8.99. The van der Waals surface area contributed by atoms with Crippen LogP contribution in [-0.4, -0.2) is 41.9 Å². The van der Waals surface area contributed by atoms with Crippen molar-refractivity contribution in [2.24, 2.45) is 0 Å². The van der Waals surface area contributed by atoms with Gasteiger partial charge in [-0.05, 0) is 30.9 Å². The lowest BCUT2D eigenvalue weighted by Crippen LogP contribution is -2.46. The Morgan fingerprint density at radius 3 is 2.81 bits per heavy atom. The largest absolute Gasteiger partial charge is 0.298 e. The van der Waals surface area contributed by atoms with Gasteiger partial charge >= 0.3 is 0 Å². The molecule has 21 heavy (non-hydrogen) atoms. The Morgan fingerprint density at radius 1 is 1.33 bits per heavy atom. The van der Waals surface area contributed by atoms with E-state index in [0.29, 0.717) is 18.7 Å². The van der Waals surface area contributed by atoms with Crippen LogP contribution in [0.5, 0.6) is 0 Å². The Bertz CT molecular complexity index is 674. The van der Waals surface area contributed by atoms with Crippen LogP contribution in [0.2, 0.25) is 0 Å². The highest BCUT2D eigenvalue weighted by Crippen LogP contribution is 2.44. The molecule has 1 aliphatic heterocycles. The first kappa shape index (κ1) is 14.5. The molecule has 1 aromatic heterocycles. The van der Waals surface area contributed by atoms with E-state index >= 15 is 0 Å². The molecule has 112 valence electrons. The molecule has 1 aliphatic carbocycles. The predicted octanol–water partition coefficient (Wildman–Crippen LogP) is 1.50. The van der Waals surface area contributed by atoms with Crippen LogP contribution in [0.25, 0.3) is 0 Å². The molecule has 0 radical (unpaired) electrons. The van der Waals surface area contributed by atoms with Gasteiger partial charge in [-0.3, -0.25) is 9.88 Å². The minimum absolute atomic E-state index is 0.236. The molecule has 6 heteroatoms. The van der Waals surface area contributed by atoms with E-state index in [-0.39, 0.29) is 5.75 Å². The van der Waals surface area contributed by atoms with E-state index in [1.165, 1.54) is 0 Å². The van der Waals surface area contributed by atoms with Gasteiger partial charge in [-0.1, -0.05) is 6.42 Å². The molecule has 0 amide bonds. The normalized spacial score (nSPS) is 24.0. The highest BCUT2D eigenvalue weighted by atomic mass is 32.2. The van der Waals surface area contributed by atoms with Crippen LogP contribution in [-0.2, 0) is 16.4 Å². The van der Waals surface area contributed by atoms with E-state index in [1.54, 1.807) is 12.4 Å². The van der Waals surface area contributed by atoms with Crippen LogP contribution in [0.4, 0.5) is 0 Å². The van der Waals surface area contributed by atoms with Gasteiger partial charge in [0.15, 0.2) is 9.84 Å².